The molecule has 132 valence electrons. The van der Waals surface area contributed by atoms with Gasteiger partial charge < -0.3 is 14.7 Å². The Kier molecular flexibility index (Phi) is 5.54. The van der Waals surface area contributed by atoms with Crippen LogP contribution in [0.3, 0.4) is 0 Å². The molecule has 0 spiro atoms. The number of aliphatic hydroxyl groups excluding tert-OH is 1. The number of piperazine rings is 1. The van der Waals surface area contributed by atoms with Crippen molar-refractivity contribution >= 4 is 5.91 Å². The number of β-amino-alcohol motifs (C(OH)–C–C–N with tert-alkyl or cyclic N) is 1. The van der Waals surface area contributed by atoms with E-state index in [0.717, 1.165) is 44.6 Å². The molecule has 1 amide bonds. The van der Waals surface area contributed by atoms with Crippen LogP contribution >= 0.6 is 0 Å². The highest BCUT2D eigenvalue weighted by molar-refractivity contribution is 5.82. The molecule has 0 bridgehead atoms. The van der Waals surface area contributed by atoms with Crippen molar-refractivity contribution in [3.05, 3.63) is 35.9 Å². The van der Waals surface area contributed by atoms with E-state index < -0.39 is 6.10 Å². The first-order valence-corrected chi connectivity index (χ1v) is 8.91. The van der Waals surface area contributed by atoms with E-state index in [1.54, 1.807) is 0 Å². The summed E-state index contributed by atoms with van der Waals surface area (Å²) in [4.78, 5) is 17.1. The van der Waals surface area contributed by atoms with E-state index in [1.807, 2.05) is 35.2 Å². The Morgan fingerprint density at radius 3 is 2.42 bits per heavy atom. The molecule has 2 heterocycles. The lowest BCUT2D eigenvalue weighted by molar-refractivity contribution is -0.148. The summed E-state index contributed by atoms with van der Waals surface area (Å²) < 4.78 is 5.40. The van der Waals surface area contributed by atoms with Gasteiger partial charge >= 0.3 is 0 Å². The van der Waals surface area contributed by atoms with E-state index >= 15 is 0 Å². The second-order valence-electron chi connectivity index (χ2n) is 7.19. The first kappa shape index (κ1) is 17.4. The highest BCUT2D eigenvalue weighted by Crippen LogP contribution is 2.32. The van der Waals surface area contributed by atoms with Crippen molar-refractivity contribution in [1.29, 1.82) is 0 Å². The number of nitrogens with zero attached hydrogens (tertiary/aromatic N) is 2. The standard InChI is InChI=1S/C19H28N2O3/c1-19(7-13-24-14-8-19)18(23)21-11-9-20(10-12-21)15-17(22)16-5-3-2-4-6-16/h2-6,17,22H,7-15H2,1H3. The highest BCUT2D eigenvalue weighted by atomic mass is 16.5. The number of carbonyl (C=O) groups is 1. The normalized spacial score (nSPS) is 23.0. The zero-order valence-corrected chi connectivity index (χ0v) is 14.5. The fourth-order valence-corrected chi connectivity index (χ4v) is 3.58. The summed E-state index contributed by atoms with van der Waals surface area (Å²) >= 11 is 0. The maximum Gasteiger partial charge on any atom is 0.228 e. The molecule has 1 unspecified atom stereocenters. The van der Waals surface area contributed by atoms with E-state index in [-0.39, 0.29) is 11.3 Å². The number of benzene rings is 1. The van der Waals surface area contributed by atoms with Gasteiger partial charge in [-0.25, -0.2) is 0 Å². The predicted octanol–water partition coefficient (Wildman–Crippen LogP) is 1.68. The van der Waals surface area contributed by atoms with Crippen molar-refractivity contribution in [1.82, 2.24) is 9.80 Å². The molecule has 0 aromatic heterocycles. The summed E-state index contributed by atoms with van der Waals surface area (Å²) in [6.45, 7) is 7.20. The average molecular weight is 332 g/mol. The van der Waals surface area contributed by atoms with Crippen LogP contribution in [0.5, 0.6) is 0 Å². The van der Waals surface area contributed by atoms with Crippen LogP contribution in [0.15, 0.2) is 30.3 Å². The van der Waals surface area contributed by atoms with Crippen LogP contribution in [0.2, 0.25) is 0 Å². The van der Waals surface area contributed by atoms with Crippen molar-refractivity contribution in [2.24, 2.45) is 5.41 Å². The lowest BCUT2D eigenvalue weighted by Crippen LogP contribution is -2.54. The number of amides is 1. The fourth-order valence-electron chi connectivity index (χ4n) is 3.58. The molecule has 2 saturated heterocycles. The number of carbonyl (C=O) groups excluding carboxylic acids is 1. The molecule has 5 heteroatoms. The van der Waals surface area contributed by atoms with Crippen LogP contribution in [0.1, 0.15) is 31.4 Å². The monoisotopic (exact) mass is 332 g/mol. The minimum atomic E-state index is -0.471. The van der Waals surface area contributed by atoms with Gasteiger partial charge in [-0.3, -0.25) is 9.69 Å². The number of rotatable bonds is 4. The molecule has 3 rings (SSSR count). The maximum absolute atomic E-state index is 12.8. The Morgan fingerprint density at radius 1 is 1.17 bits per heavy atom. The highest BCUT2D eigenvalue weighted by Gasteiger charge is 2.39. The number of hydrogen-bond acceptors (Lipinski definition) is 4. The maximum atomic E-state index is 12.8. The summed E-state index contributed by atoms with van der Waals surface area (Å²) in [6.07, 6.45) is 1.17. The molecular weight excluding hydrogens is 304 g/mol. The quantitative estimate of drug-likeness (QED) is 0.911. The van der Waals surface area contributed by atoms with Crippen LogP contribution in [0, 0.1) is 5.41 Å². The summed E-state index contributed by atoms with van der Waals surface area (Å²) in [6, 6.07) is 9.76. The molecule has 1 aromatic rings. The Balaban J connectivity index is 1.49. The van der Waals surface area contributed by atoms with Crippen LogP contribution < -0.4 is 0 Å². The summed E-state index contributed by atoms with van der Waals surface area (Å²) in [7, 11) is 0. The topological polar surface area (TPSA) is 53.0 Å². The molecular formula is C19H28N2O3. The smallest absolute Gasteiger partial charge is 0.228 e. The Labute approximate surface area is 144 Å². The molecule has 2 aliphatic heterocycles. The lowest BCUT2D eigenvalue weighted by atomic mass is 9.81. The third-order valence-corrected chi connectivity index (χ3v) is 5.39. The third kappa shape index (κ3) is 3.97. The van der Waals surface area contributed by atoms with Gasteiger partial charge in [-0.2, -0.15) is 0 Å². The molecule has 0 radical (unpaired) electrons. The molecule has 5 nitrogen and oxygen atoms in total. The minimum absolute atomic E-state index is 0.260. The van der Waals surface area contributed by atoms with E-state index in [4.69, 9.17) is 4.74 Å². The SMILES string of the molecule is CC1(C(=O)N2CCN(CC(O)c3ccccc3)CC2)CCOCC1. The molecule has 2 fully saturated rings. The van der Waals surface area contributed by atoms with E-state index in [2.05, 4.69) is 11.8 Å². The van der Waals surface area contributed by atoms with Gasteiger partial charge in [-0.15, -0.1) is 0 Å². The van der Waals surface area contributed by atoms with Gasteiger partial charge in [0.1, 0.15) is 0 Å². The number of aliphatic hydroxyl groups is 1. The molecule has 1 N–H and O–H groups in total. The van der Waals surface area contributed by atoms with Crippen LogP contribution in [0.4, 0.5) is 0 Å². The number of ether oxygens (including phenoxy) is 1. The first-order valence-electron chi connectivity index (χ1n) is 8.91. The second-order valence-corrected chi connectivity index (χ2v) is 7.19. The van der Waals surface area contributed by atoms with Crippen molar-refractivity contribution in [3.8, 4) is 0 Å². The van der Waals surface area contributed by atoms with E-state index in [1.165, 1.54) is 0 Å². The van der Waals surface area contributed by atoms with Crippen molar-refractivity contribution in [2.45, 2.75) is 25.9 Å². The van der Waals surface area contributed by atoms with Crippen molar-refractivity contribution in [2.75, 3.05) is 45.9 Å². The van der Waals surface area contributed by atoms with E-state index in [0.29, 0.717) is 19.8 Å². The van der Waals surface area contributed by atoms with Gasteiger partial charge in [0.05, 0.1) is 11.5 Å². The van der Waals surface area contributed by atoms with Gasteiger partial charge in [0.15, 0.2) is 0 Å². The minimum Gasteiger partial charge on any atom is -0.387 e. The lowest BCUT2D eigenvalue weighted by Gasteiger charge is -2.41. The molecule has 2 aliphatic rings. The zero-order chi connectivity index (χ0) is 17.0. The largest absolute Gasteiger partial charge is 0.387 e. The Hall–Kier alpha value is -1.43. The van der Waals surface area contributed by atoms with Crippen LogP contribution in [-0.2, 0) is 9.53 Å². The summed E-state index contributed by atoms with van der Waals surface area (Å²) in [5, 5.41) is 10.4. The third-order valence-electron chi connectivity index (χ3n) is 5.39. The molecule has 0 saturated carbocycles. The van der Waals surface area contributed by atoms with E-state index in [9.17, 15) is 9.90 Å². The van der Waals surface area contributed by atoms with Crippen molar-refractivity contribution < 1.29 is 14.6 Å². The van der Waals surface area contributed by atoms with Crippen molar-refractivity contribution in [3.63, 3.8) is 0 Å². The van der Waals surface area contributed by atoms with Gasteiger partial charge in [0, 0.05) is 45.9 Å². The molecule has 1 aromatic carbocycles. The predicted molar refractivity (Wildman–Crippen MR) is 92.6 cm³/mol. The Bertz CT molecular complexity index is 535. The molecule has 24 heavy (non-hydrogen) atoms. The number of hydrogen-bond donors (Lipinski definition) is 1. The van der Waals surface area contributed by atoms with Crippen LogP contribution in [0.25, 0.3) is 0 Å². The van der Waals surface area contributed by atoms with Gasteiger partial charge in [0.2, 0.25) is 5.91 Å². The van der Waals surface area contributed by atoms with Crippen LogP contribution in [-0.4, -0.2) is 66.8 Å². The zero-order valence-electron chi connectivity index (χ0n) is 14.5. The fraction of sp³-hybridized carbons (Fsp3) is 0.632. The Morgan fingerprint density at radius 2 is 1.79 bits per heavy atom. The molecule has 0 aliphatic carbocycles. The average Bonchev–Trinajstić information content (AvgIpc) is 2.63. The van der Waals surface area contributed by atoms with Gasteiger partial charge in [-0.1, -0.05) is 37.3 Å². The summed E-state index contributed by atoms with van der Waals surface area (Å²) in [5.74, 6) is 0.272. The molecule has 1 atom stereocenters. The summed E-state index contributed by atoms with van der Waals surface area (Å²) in [5.41, 5.74) is 0.690. The first-order chi connectivity index (χ1) is 11.6. The second kappa shape index (κ2) is 7.64. The van der Waals surface area contributed by atoms with Gasteiger partial charge in [0.25, 0.3) is 0 Å². The van der Waals surface area contributed by atoms with Gasteiger partial charge in [-0.05, 0) is 18.4 Å².